The van der Waals surface area contributed by atoms with E-state index in [0.717, 1.165) is 23.2 Å². The van der Waals surface area contributed by atoms with Crippen LogP contribution in [0.1, 0.15) is 18.9 Å². The summed E-state index contributed by atoms with van der Waals surface area (Å²) in [6.07, 6.45) is 0.920. The highest BCUT2D eigenvalue weighted by Gasteiger charge is 2.09. The first kappa shape index (κ1) is 14.8. The minimum Gasteiger partial charge on any atom is -0.315 e. The van der Waals surface area contributed by atoms with Crippen LogP contribution >= 0.6 is 11.6 Å². The Kier molecular flexibility index (Phi) is 4.99. The maximum atomic E-state index is 12.5. The summed E-state index contributed by atoms with van der Waals surface area (Å²) in [6.45, 7) is 3.38. The Morgan fingerprint density at radius 1 is 1.15 bits per heavy atom. The lowest BCUT2D eigenvalue weighted by Gasteiger charge is -2.14. The molecule has 3 nitrogen and oxygen atoms in total. The van der Waals surface area contributed by atoms with Gasteiger partial charge in [-0.15, -0.1) is 0 Å². The Labute approximate surface area is 124 Å². The second kappa shape index (κ2) is 6.73. The summed E-state index contributed by atoms with van der Waals surface area (Å²) in [5.74, 6) is 0. The predicted molar refractivity (Wildman–Crippen MR) is 84.2 cm³/mol. The van der Waals surface area contributed by atoms with Gasteiger partial charge in [0.15, 0.2) is 0 Å². The van der Waals surface area contributed by atoms with E-state index in [2.05, 4.69) is 12.2 Å². The third kappa shape index (κ3) is 3.11. The summed E-state index contributed by atoms with van der Waals surface area (Å²) >= 11 is 5.92. The van der Waals surface area contributed by atoms with Crippen molar-refractivity contribution in [3.8, 4) is 11.3 Å². The van der Waals surface area contributed by atoms with E-state index in [1.165, 1.54) is 0 Å². The molecule has 0 aliphatic carbocycles. The summed E-state index contributed by atoms with van der Waals surface area (Å²) in [5, 5.41) is 3.73. The highest BCUT2D eigenvalue weighted by atomic mass is 35.5. The lowest BCUT2D eigenvalue weighted by molar-refractivity contribution is 0.648. The molecule has 0 saturated heterocycles. The van der Waals surface area contributed by atoms with Crippen LogP contribution < -0.4 is 10.9 Å². The van der Waals surface area contributed by atoms with Crippen LogP contribution in [0.3, 0.4) is 0 Å². The predicted octanol–water partition coefficient (Wildman–Crippen LogP) is 3.30. The van der Waals surface area contributed by atoms with E-state index in [1.54, 1.807) is 0 Å². The molecule has 0 radical (unpaired) electrons. The minimum absolute atomic E-state index is 0.0775. The van der Waals surface area contributed by atoms with Crippen molar-refractivity contribution in [2.45, 2.75) is 26.4 Å². The Hall–Kier alpha value is -1.58. The van der Waals surface area contributed by atoms with Crippen molar-refractivity contribution in [1.29, 1.82) is 0 Å². The highest BCUT2D eigenvalue weighted by Crippen LogP contribution is 2.21. The van der Waals surface area contributed by atoms with Crippen LogP contribution in [0.15, 0.2) is 41.2 Å². The monoisotopic (exact) mass is 290 g/mol. The normalized spacial score (nSPS) is 10.8. The largest absolute Gasteiger partial charge is 0.315 e. The molecule has 0 bridgehead atoms. The van der Waals surface area contributed by atoms with Crippen LogP contribution in [0, 0.1) is 0 Å². The van der Waals surface area contributed by atoms with E-state index in [0.29, 0.717) is 18.1 Å². The van der Waals surface area contributed by atoms with Crippen molar-refractivity contribution < 1.29 is 0 Å². The molecule has 0 aliphatic heterocycles. The first-order chi connectivity index (χ1) is 9.67. The van der Waals surface area contributed by atoms with Gasteiger partial charge in [-0.05, 0) is 37.2 Å². The van der Waals surface area contributed by atoms with Crippen LogP contribution in [0.4, 0.5) is 0 Å². The molecular formula is C16H19ClN2O. The van der Waals surface area contributed by atoms with Gasteiger partial charge in [0.2, 0.25) is 0 Å². The van der Waals surface area contributed by atoms with Crippen LogP contribution in [0.2, 0.25) is 5.02 Å². The molecule has 4 heteroatoms. The molecule has 1 heterocycles. The Morgan fingerprint density at radius 2 is 1.85 bits per heavy atom. The maximum absolute atomic E-state index is 12.5. The van der Waals surface area contributed by atoms with Crippen LogP contribution in [0.25, 0.3) is 11.3 Å². The quantitative estimate of drug-likeness (QED) is 0.917. The molecule has 0 amide bonds. The zero-order chi connectivity index (χ0) is 14.5. The van der Waals surface area contributed by atoms with Crippen molar-refractivity contribution >= 4 is 11.6 Å². The standard InChI is InChI=1S/C16H19ClN2O/c1-3-10-19-15(12-4-7-14(17)8-5-12)9-6-13(11-18-2)16(19)20/h4-9,18H,3,10-11H2,1-2H3. The summed E-state index contributed by atoms with van der Waals surface area (Å²) < 4.78 is 1.84. The van der Waals surface area contributed by atoms with Crippen molar-refractivity contribution in [1.82, 2.24) is 9.88 Å². The topological polar surface area (TPSA) is 34.0 Å². The maximum Gasteiger partial charge on any atom is 0.255 e. The molecular weight excluding hydrogens is 272 g/mol. The van der Waals surface area contributed by atoms with Gasteiger partial charge in [-0.3, -0.25) is 4.79 Å². The third-order valence-corrected chi connectivity index (χ3v) is 3.46. The number of nitrogens with zero attached hydrogens (tertiary/aromatic N) is 1. The molecule has 1 N–H and O–H groups in total. The molecule has 2 rings (SSSR count). The average molecular weight is 291 g/mol. The van der Waals surface area contributed by atoms with Gasteiger partial charge in [-0.1, -0.05) is 36.7 Å². The number of halogens is 1. The van der Waals surface area contributed by atoms with E-state index in [9.17, 15) is 4.79 Å². The molecule has 1 aromatic heterocycles. The SMILES string of the molecule is CCCn1c(-c2ccc(Cl)cc2)ccc(CNC)c1=O. The molecule has 106 valence electrons. The van der Waals surface area contributed by atoms with Gasteiger partial charge >= 0.3 is 0 Å². The fraction of sp³-hybridized carbons (Fsp3) is 0.312. The van der Waals surface area contributed by atoms with Gasteiger partial charge in [-0.25, -0.2) is 0 Å². The van der Waals surface area contributed by atoms with E-state index >= 15 is 0 Å². The van der Waals surface area contributed by atoms with Gasteiger partial charge in [0.25, 0.3) is 5.56 Å². The Balaban J connectivity index is 2.55. The van der Waals surface area contributed by atoms with Crippen molar-refractivity contribution in [3.63, 3.8) is 0 Å². The molecule has 20 heavy (non-hydrogen) atoms. The molecule has 0 fully saturated rings. The lowest BCUT2D eigenvalue weighted by atomic mass is 10.1. The molecule has 0 saturated carbocycles. The number of benzene rings is 1. The summed E-state index contributed by atoms with van der Waals surface area (Å²) in [6, 6.07) is 11.5. The number of nitrogens with one attached hydrogen (secondary N) is 1. The first-order valence-electron chi connectivity index (χ1n) is 6.80. The fourth-order valence-electron chi connectivity index (χ4n) is 2.27. The summed E-state index contributed by atoms with van der Waals surface area (Å²) in [4.78, 5) is 12.5. The zero-order valence-electron chi connectivity index (χ0n) is 11.8. The zero-order valence-corrected chi connectivity index (χ0v) is 12.6. The minimum atomic E-state index is 0.0775. The lowest BCUT2D eigenvalue weighted by Crippen LogP contribution is -2.27. The van der Waals surface area contributed by atoms with E-state index in [1.807, 2.05) is 48.0 Å². The van der Waals surface area contributed by atoms with Crippen molar-refractivity contribution in [2.75, 3.05) is 7.05 Å². The number of rotatable bonds is 5. The van der Waals surface area contributed by atoms with Crippen molar-refractivity contribution in [2.24, 2.45) is 0 Å². The summed E-state index contributed by atoms with van der Waals surface area (Å²) in [5.41, 5.74) is 2.82. The van der Waals surface area contributed by atoms with Gasteiger partial charge in [0, 0.05) is 23.7 Å². The third-order valence-electron chi connectivity index (χ3n) is 3.21. The molecule has 0 spiro atoms. The van der Waals surface area contributed by atoms with E-state index < -0.39 is 0 Å². The van der Waals surface area contributed by atoms with Crippen LogP contribution in [-0.2, 0) is 13.1 Å². The second-order valence-corrected chi connectivity index (χ2v) is 5.17. The fourth-order valence-corrected chi connectivity index (χ4v) is 2.39. The highest BCUT2D eigenvalue weighted by molar-refractivity contribution is 6.30. The molecule has 0 unspecified atom stereocenters. The molecule has 0 aliphatic rings. The van der Waals surface area contributed by atoms with Crippen LogP contribution in [-0.4, -0.2) is 11.6 Å². The van der Waals surface area contributed by atoms with Crippen molar-refractivity contribution in [3.05, 3.63) is 57.3 Å². The summed E-state index contributed by atoms with van der Waals surface area (Å²) in [7, 11) is 1.84. The van der Waals surface area contributed by atoms with Gasteiger partial charge in [0.05, 0.1) is 5.69 Å². The van der Waals surface area contributed by atoms with Gasteiger partial charge in [0.1, 0.15) is 0 Å². The molecule has 1 aromatic carbocycles. The Bertz CT molecular complexity index is 632. The first-order valence-corrected chi connectivity index (χ1v) is 7.18. The average Bonchev–Trinajstić information content (AvgIpc) is 2.45. The van der Waals surface area contributed by atoms with Gasteiger partial charge < -0.3 is 9.88 Å². The number of hydrogen-bond acceptors (Lipinski definition) is 2. The molecule has 2 aromatic rings. The smallest absolute Gasteiger partial charge is 0.255 e. The molecule has 0 atom stereocenters. The Morgan fingerprint density at radius 3 is 2.45 bits per heavy atom. The number of pyridine rings is 1. The number of hydrogen-bond donors (Lipinski definition) is 1. The number of aromatic nitrogens is 1. The van der Waals surface area contributed by atoms with Crippen LogP contribution in [0.5, 0.6) is 0 Å². The van der Waals surface area contributed by atoms with Gasteiger partial charge in [-0.2, -0.15) is 0 Å². The van der Waals surface area contributed by atoms with E-state index in [-0.39, 0.29) is 5.56 Å². The van der Waals surface area contributed by atoms with E-state index in [4.69, 9.17) is 11.6 Å². The second-order valence-electron chi connectivity index (χ2n) is 4.74.